The number of nitrogens with one attached hydrogen (secondary N) is 1. The Morgan fingerprint density at radius 1 is 0.923 bits per heavy atom. The molecule has 0 aliphatic heterocycles. The zero-order valence-corrected chi connectivity index (χ0v) is 16.9. The Balaban J connectivity index is 1.80. The van der Waals surface area contributed by atoms with Crippen LogP contribution in [0.1, 0.15) is 11.4 Å². The summed E-state index contributed by atoms with van der Waals surface area (Å²) in [6.07, 6.45) is 3.44. The van der Waals surface area contributed by atoms with Gasteiger partial charge in [-0.05, 0) is 58.4 Å². The van der Waals surface area contributed by atoms with Gasteiger partial charge in [-0.2, -0.15) is 0 Å². The fraction of sp³-hybridized carbons (Fsp3) is 0.105. The summed E-state index contributed by atoms with van der Waals surface area (Å²) in [6, 6.07) is 16.7. The second kappa shape index (κ2) is 8.91. The zero-order valence-electron chi connectivity index (χ0n) is 13.8. The molecule has 2 amide bonds. The number of urea groups is 1. The standard InChI is InChI=1S/C19H16Br2N4O/c20-14-7-8-18(17(21)11-14)24-19(26)25(12-15-5-1-3-9-22-15)13-16-6-2-4-10-23-16/h1-11H,12-13H2,(H,24,26). The average Bonchev–Trinajstić information content (AvgIpc) is 2.65. The van der Waals surface area contributed by atoms with E-state index in [9.17, 15) is 4.79 Å². The molecule has 0 saturated heterocycles. The summed E-state index contributed by atoms with van der Waals surface area (Å²) in [7, 11) is 0. The van der Waals surface area contributed by atoms with Gasteiger partial charge in [-0.25, -0.2) is 4.79 Å². The number of carbonyl (C=O) groups is 1. The Labute approximate surface area is 168 Å². The molecular weight excluding hydrogens is 460 g/mol. The SMILES string of the molecule is O=C(Nc1ccc(Br)cc1Br)N(Cc1ccccn1)Cc1ccccn1. The van der Waals surface area contributed by atoms with E-state index < -0.39 is 0 Å². The van der Waals surface area contributed by atoms with Gasteiger partial charge in [-0.3, -0.25) is 9.97 Å². The molecule has 0 aliphatic carbocycles. The maximum absolute atomic E-state index is 12.9. The van der Waals surface area contributed by atoms with Gasteiger partial charge in [0.2, 0.25) is 0 Å². The zero-order chi connectivity index (χ0) is 18.4. The maximum atomic E-state index is 12.9. The van der Waals surface area contributed by atoms with Crippen LogP contribution in [0, 0.1) is 0 Å². The van der Waals surface area contributed by atoms with Crippen molar-refractivity contribution in [3.63, 3.8) is 0 Å². The highest BCUT2D eigenvalue weighted by Gasteiger charge is 2.17. The van der Waals surface area contributed by atoms with E-state index in [2.05, 4.69) is 47.1 Å². The Morgan fingerprint density at radius 3 is 2.04 bits per heavy atom. The van der Waals surface area contributed by atoms with E-state index in [0.717, 1.165) is 20.3 Å². The lowest BCUT2D eigenvalue weighted by molar-refractivity contribution is 0.205. The van der Waals surface area contributed by atoms with Gasteiger partial charge in [-0.15, -0.1) is 0 Å². The van der Waals surface area contributed by atoms with Crippen molar-refractivity contribution in [2.75, 3.05) is 5.32 Å². The van der Waals surface area contributed by atoms with E-state index in [0.29, 0.717) is 18.8 Å². The number of hydrogen-bond donors (Lipinski definition) is 1. The molecule has 0 unspecified atom stereocenters. The molecule has 2 heterocycles. The number of nitrogens with zero attached hydrogens (tertiary/aromatic N) is 3. The summed E-state index contributed by atoms with van der Waals surface area (Å²) >= 11 is 6.88. The largest absolute Gasteiger partial charge is 0.322 e. The van der Waals surface area contributed by atoms with Gasteiger partial charge in [0.1, 0.15) is 0 Å². The Bertz CT molecular complexity index is 834. The van der Waals surface area contributed by atoms with Crippen molar-refractivity contribution >= 4 is 43.6 Å². The molecule has 1 N–H and O–H groups in total. The lowest BCUT2D eigenvalue weighted by Gasteiger charge is -2.23. The fourth-order valence-corrected chi connectivity index (χ4v) is 3.51. The molecule has 7 heteroatoms. The van der Waals surface area contributed by atoms with Crippen LogP contribution in [-0.4, -0.2) is 20.9 Å². The van der Waals surface area contributed by atoms with Gasteiger partial charge in [-0.1, -0.05) is 28.1 Å². The van der Waals surface area contributed by atoms with Crippen LogP contribution in [0.15, 0.2) is 75.9 Å². The Kier molecular flexibility index (Phi) is 6.35. The van der Waals surface area contributed by atoms with Gasteiger partial charge in [0.15, 0.2) is 0 Å². The number of aromatic nitrogens is 2. The summed E-state index contributed by atoms with van der Waals surface area (Å²) in [5, 5.41) is 2.94. The second-order valence-corrected chi connectivity index (χ2v) is 7.32. The van der Waals surface area contributed by atoms with Crippen molar-refractivity contribution in [1.82, 2.24) is 14.9 Å². The van der Waals surface area contributed by atoms with Crippen LogP contribution in [0.25, 0.3) is 0 Å². The van der Waals surface area contributed by atoms with Gasteiger partial charge < -0.3 is 10.2 Å². The molecule has 0 bridgehead atoms. The number of pyridine rings is 2. The maximum Gasteiger partial charge on any atom is 0.322 e. The van der Waals surface area contributed by atoms with E-state index in [1.807, 2.05) is 54.6 Å². The quantitative estimate of drug-likeness (QED) is 0.549. The second-order valence-electron chi connectivity index (χ2n) is 5.55. The van der Waals surface area contributed by atoms with Crippen LogP contribution < -0.4 is 5.32 Å². The number of carbonyl (C=O) groups excluding carboxylic acids is 1. The van der Waals surface area contributed by atoms with Crippen LogP contribution in [0.4, 0.5) is 10.5 Å². The first-order valence-electron chi connectivity index (χ1n) is 7.92. The number of amides is 2. The average molecular weight is 476 g/mol. The lowest BCUT2D eigenvalue weighted by atomic mass is 10.3. The highest BCUT2D eigenvalue weighted by molar-refractivity contribution is 9.11. The van der Waals surface area contributed by atoms with E-state index >= 15 is 0 Å². The third-order valence-electron chi connectivity index (χ3n) is 3.62. The molecule has 0 saturated carbocycles. The minimum atomic E-state index is -0.218. The minimum absolute atomic E-state index is 0.218. The first kappa shape index (κ1) is 18.5. The number of hydrogen-bond acceptors (Lipinski definition) is 3. The molecule has 132 valence electrons. The summed E-state index contributed by atoms with van der Waals surface area (Å²) in [5.74, 6) is 0. The number of halogens is 2. The van der Waals surface area contributed by atoms with E-state index in [4.69, 9.17) is 0 Å². The third-order valence-corrected chi connectivity index (χ3v) is 4.77. The first-order valence-corrected chi connectivity index (χ1v) is 9.51. The molecule has 0 radical (unpaired) electrons. The number of anilines is 1. The number of rotatable bonds is 5. The van der Waals surface area contributed by atoms with Crippen molar-refractivity contribution < 1.29 is 4.79 Å². The Morgan fingerprint density at radius 2 is 1.54 bits per heavy atom. The van der Waals surface area contributed by atoms with Crippen LogP contribution in [-0.2, 0) is 13.1 Å². The van der Waals surface area contributed by atoms with Crippen LogP contribution >= 0.6 is 31.9 Å². The summed E-state index contributed by atoms with van der Waals surface area (Å²) < 4.78 is 1.73. The highest BCUT2D eigenvalue weighted by atomic mass is 79.9. The molecule has 1 aromatic carbocycles. The molecule has 5 nitrogen and oxygen atoms in total. The fourth-order valence-electron chi connectivity index (χ4n) is 2.36. The smallest absolute Gasteiger partial charge is 0.313 e. The highest BCUT2D eigenvalue weighted by Crippen LogP contribution is 2.26. The third kappa shape index (κ3) is 5.12. The monoisotopic (exact) mass is 474 g/mol. The first-order chi connectivity index (χ1) is 12.6. The molecule has 0 atom stereocenters. The van der Waals surface area contributed by atoms with E-state index in [-0.39, 0.29) is 6.03 Å². The van der Waals surface area contributed by atoms with Crippen molar-refractivity contribution in [3.8, 4) is 0 Å². The molecule has 2 aromatic heterocycles. The Hall–Kier alpha value is -2.25. The van der Waals surface area contributed by atoms with Gasteiger partial charge in [0.05, 0.1) is 30.2 Å². The van der Waals surface area contributed by atoms with Crippen molar-refractivity contribution in [2.45, 2.75) is 13.1 Å². The normalized spacial score (nSPS) is 10.4. The summed E-state index contributed by atoms with van der Waals surface area (Å²) in [4.78, 5) is 23.2. The number of benzene rings is 1. The molecule has 0 aliphatic rings. The molecular formula is C19H16Br2N4O. The van der Waals surface area contributed by atoms with Gasteiger partial charge in [0.25, 0.3) is 0 Å². The summed E-state index contributed by atoms with van der Waals surface area (Å²) in [5.41, 5.74) is 2.33. The van der Waals surface area contributed by atoms with Crippen molar-refractivity contribution in [1.29, 1.82) is 0 Å². The van der Waals surface area contributed by atoms with Crippen molar-refractivity contribution in [2.24, 2.45) is 0 Å². The van der Waals surface area contributed by atoms with Crippen LogP contribution in [0.2, 0.25) is 0 Å². The van der Waals surface area contributed by atoms with Crippen LogP contribution in [0.5, 0.6) is 0 Å². The van der Waals surface area contributed by atoms with Crippen LogP contribution in [0.3, 0.4) is 0 Å². The van der Waals surface area contributed by atoms with Gasteiger partial charge in [0, 0.05) is 21.3 Å². The molecule has 0 fully saturated rings. The van der Waals surface area contributed by atoms with E-state index in [1.54, 1.807) is 17.3 Å². The van der Waals surface area contributed by atoms with Gasteiger partial charge >= 0.3 is 6.03 Å². The van der Waals surface area contributed by atoms with E-state index in [1.165, 1.54) is 0 Å². The lowest BCUT2D eigenvalue weighted by Crippen LogP contribution is -2.34. The minimum Gasteiger partial charge on any atom is -0.313 e. The molecule has 3 aromatic rings. The molecule has 3 rings (SSSR count). The predicted molar refractivity (Wildman–Crippen MR) is 109 cm³/mol. The summed E-state index contributed by atoms with van der Waals surface area (Å²) in [6.45, 7) is 0.773. The molecule has 26 heavy (non-hydrogen) atoms. The molecule has 0 spiro atoms. The van der Waals surface area contributed by atoms with Crippen molar-refractivity contribution in [3.05, 3.63) is 87.3 Å². The predicted octanol–water partition coefficient (Wildman–Crippen LogP) is 5.24. The topological polar surface area (TPSA) is 58.1 Å².